The van der Waals surface area contributed by atoms with Gasteiger partial charge in [0.05, 0.1) is 36.5 Å². The van der Waals surface area contributed by atoms with E-state index in [0.717, 1.165) is 5.56 Å². The molecule has 39 heavy (non-hydrogen) atoms. The van der Waals surface area contributed by atoms with Crippen LogP contribution in [0, 0.1) is 16.0 Å². The van der Waals surface area contributed by atoms with Gasteiger partial charge in [0.25, 0.3) is 5.69 Å². The summed E-state index contributed by atoms with van der Waals surface area (Å²) in [7, 11) is 1.26. The van der Waals surface area contributed by atoms with E-state index in [2.05, 4.69) is 4.99 Å². The monoisotopic (exact) mass is 538 g/mol. The Hall–Kier alpha value is -4.05. The maximum absolute atomic E-state index is 13.5. The summed E-state index contributed by atoms with van der Waals surface area (Å²) in [6.07, 6.45) is 1.84. The second-order valence-electron chi connectivity index (χ2n) is 8.96. The second kappa shape index (κ2) is 14.2. The van der Waals surface area contributed by atoms with Crippen LogP contribution < -0.4 is 4.74 Å². The minimum Gasteiger partial charge on any atom is -0.493 e. The number of non-ortho nitro benzene ring substituents is 1. The van der Waals surface area contributed by atoms with E-state index in [9.17, 15) is 19.7 Å². The molecule has 0 saturated carbocycles. The van der Waals surface area contributed by atoms with Crippen molar-refractivity contribution < 1.29 is 33.8 Å². The number of rotatable bonds is 13. The highest BCUT2D eigenvalue weighted by atomic mass is 16.6. The number of hydrogen-bond donors (Lipinski definition) is 1. The van der Waals surface area contributed by atoms with Gasteiger partial charge < -0.3 is 19.3 Å². The lowest BCUT2D eigenvalue weighted by Crippen LogP contribution is -2.37. The van der Waals surface area contributed by atoms with Crippen molar-refractivity contribution in [2.45, 2.75) is 45.4 Å². The fourth-order valence-corrected chi connectivity index (χ4v) is 4.62. The lowest BCUT2D eigenvalue weighted by molar-refractivity contribution is -0.384. The Balaban J connectivity index is 1.81. The minimum atomic E-state index is -0.919. The third-order valence-corrected chi connectivity index (χ3v) is 6.52. The summed E-state index contributed by atoms with van der Waals surface area (Å²) in [6.45, 7) is 4.16. The number of aliphatic imine (C=N–C) groups is 1. The third kappa shape index (κ3) is 7.29. The molecule has 2 atom stereocenters. The van der Waals surface area contributed by atoms with E-state index in [1.807, 2.05) is 38.1 Å². The quantitative estimate of drug-likeness (QED) is 0.170. The van der Waals surface area contributed by atoms with Gasteiger partial charge in [-0.15, -0.1) is 0 Å². The van der Waals surface area contributed by atoms with E-state index in [0.29, 0.717) is 55.0 Å². The number of ether oxygens (including phenoxy) is 3. The van der Waals surface area contributed by atoms with Crippen LogP contribution in [0.1, 0.15) is 50.2 Å². The second-order valence-corrected chi connectivity index (χ2v) is 8.96. The molecule has 10 heteroatoms. The van der Waals surface area contributed by atoms with Crippen LogP contribution in [0.3, 0.4) is 0 Å². The zero-order valence-electron chi connectivity index (χ0n) is 22.4. The number of aliphatic hydroxyl groups is 1. The van der Waals surface area contributed by atoms with E-state index in [4.69, 9.17) is 19.3 Å². The zero-order valence-corrected chi connectivity index (χ0v) is 22.4. The molecule has 10 nitrogen and oxygen atoms in total. The molecule has 1 aliphatic heterocycles. The Bertz CT molecular complexity index is 1240. The smallest absolute Gasteiger partial charge is 0.336 e. The molecule has 0 saturated heterocycles. The molecule has 2 aromatic carbocycles. The van der Waals surface area contributed by atoms with Gasteiger partial charge in [-0.05, 0) is 42.5 Å². The van der Waals surface area contributed by atoms with Gasteiger partial charge in [0.15, 0.2) is 0 Å². The van der Waals surface area contributed by atoms with Crippen molar-refractivity contribution in [2.24, 2.45) is 10.9 Å². The highest BCUT2D eigenvalue weighted by Crippen LogP contribution is 2.42. The summed E-state index contributed by atoms with van der Waals surface area (Å²) in [4.78, 5) is 42.0. The van der Waals surface area contributed by atoms with Gasteiger partial charge in [-0.2, -0.15) is 0 Å². The molecule has 1 aliphatic rings. The fraction of sp³-hybridized carbons (Fsp3) is 0.414. The summed E-state index contributed by atoms with van der Waals surface area (Å²) >= 11 is 0. The number of carbonyl (C=O) groups excluding carboxylic acids is 2. The van der Waals surface area contributed by atoms with E-state index in [1.165, 1.54) is 25.3 Å². The first-order valence-corrected chi connectivity index (χ1v) is 13.0. The Morgan fingerprint density at radius 3 is 2.44 bits per heavy atom. The van der Waals surface area contributed by atoms with E-state index in [1.54, 1.807) is 6.07 Å². The van der Waals surface area contributed by atoms with Crippen molar-refractivity contribution in [1.82, 2.24) is 0 Å². The molecule has 2 unspecified atom stereocenters. The van der Waals surface area contributed by atoms with Crippen LogP contribution in [0.25, 0.3) is 0 Å². The van der Waals surface area contributed by atoms with Crippen molar-refractivity contribution >= 4 is 23.3 Å². The maximum atomic E-state index is 13.5. The lowest BCUT2D eigenvalue weighted by Gasteiger charge is -2.32. The molecule has 0 amide bonds. The largest absolute Gasteiger partial charge is 0.493 e. The number of allylic oxidation sites excluding steroid dienone is 1. The Labute approximate surface area is 227 Å². The van der Waals surface area contributed by atoms with Crippen LogP contribution in [-0.4, -0.2) is 54.6 Å². The zero-order chi connectivity index (χ0) is 28.4. The van der Waals surface area contributed by atoms with Gasteiger partial charge >= 0.3 is 11.9 Å². The molecule has 1 heterocycles. The number of nitro benzene ring substituents is 1. The summed E-state index contributed by atoms with van der Waals surface area (Å²) in [5, 5.41) is 20.5. The van der Waals surface area contributed by atoms with Crippen LogP contribution in [0.5, 0.6) is 5.75 Å². The SMILES string of the molecule is CCC1=NC(CC)=C(C(=O)OCCCOc2ccc(CCO)cc2)C(c2cccc([N+](=O)[O-])c2)C1C(=O)OC. The molecule has 1 N–H and O–H groups in total. The Kier molecular flexibility index (Phi) is 10.7. The predicted octanol–water partition coefficient (Wildman–Crippen LogP) is 4.54. The number of nitrogens with zero attached hydrogens (tertiary/aromatic N) is 2. The summed E-state index contributed by atoms with van der Waals surface area (Å²) < 4.78 is 16.4. The molecule has 0 aromatic heterocycles. The average molecular weight is 539 g/mol. The molecule has 3 rings (SSSR count). The van der Waals surface area contributed by atoms with Gasteiger partial charge in [0.2, 0.25) is 0 Å². The Morgan fingerprint density at radius 2 is 1.82 bits per heavy atom. The number of benzene rings is 2. The van der Waals surface area contributed by atoms with Crippen molar-refractivity contribution in [3.8, 4) is 5.75 Å². The normalized spacial score (nSPS) is 16.9. The number of methoxy groups -OCH3 is 1. The van der Waals surface area contributed by atoms with Gasteiger partial charge in [0.1, 0.15) is 11.7 Å². The first kappa shape index (κ1) is 29.5. The maximum Gasteiger partial charge on any atom is 0.336 e. The predicted molar refractivity (Wildman–Crippen MR) is 145 cm³/mol. The van der Waals surface area contributed by atoms with E-state index < -0.39 is 28.7 Å². The van der Waals surface area contributed by atoms with Gasteiger partial charge in [-0.25, -0.2) is 4.79 Å². The molecule has 0 bridgehead atoms. The van der Waals surface area contributed by atoms with E-state index in [-0.39, 0.29) is 24.5 Å². The number of hydrogen-bond acceptors (Lipinski definition) is 9. The van der Waals surface area contributed by atoms with Crippen molar-refractivity contribution in [3.05, 3.63) is 81.0 Å². The summed E-state index contributed by atoms with van der Waals surface area (Å²) in [5.41, 5.74) is 2.52. The summed E-state index contributed by atoms with van der Waals surface area (Å²) in [5.74, 6) is -2.31. The average Bonchev–Trinajstić information content (AvgIpc) is 2.96. The van der Waals surface area contributed by atoms with E-state index >= 15 is 0 Å². The van der Waals surface area contributed by atoms with Crippen LogP contribution >= 0.6 is 0 Å². The van der Waals surface area contributed by atoms with Crippen LogP contribution in [0.15, 0.2) is 64.8 Å². The molecule has 0 spiro atoms. The van der Waals surface area contributed by atoms with Crippen molar-refractivity contribution in [3.63, 3.8) is 0 Å². The fourth-order valence-electron chi connectivity index (χ4n) is 4.62. The molecular weight excluding hydrogens is 504 g/mol. The Morgan fingerprint density at radius 1 is 1.08 bits per heavy atom. The number of carbonyl (C=O) groups is 2. The molecular formula is C29H34N2O8. The summed E-state index contributed by atoms with van der Waals surface area (Å²) in [6, 6.07) is 13.3. The lowest BCUT2D eigenvalue weighted by atomic mass is 9.74. The number of aliphatic hydroxyl groups excluding tert-OH is 1. The first-order chi connectivity index (χ1) is 18.8. The van der Waals surface area contributed by atoms with Gasteiger partial charge in [-0.3, -0.25) is 19.9 Å². The molecule has 0 aliphatic carbocycles. The molecule has 0 radical (unpaired) electrons. The highest BCUT2D eigenvalue weighted by molar-refractivity contribution is 6.07. The van der Waals surface area contributed by atoms with Crippen molar-refractivity contribution in [2.75, 3.05) is 26.9 Å². The first-order valence-electron chi connectivity index (χ1n) is 13.0. The van der Waals surface area contributed by atoms with Gasteiger partial charge in [0, 0.05) is 36.8 Å². The molecule has 2 aromatic rings. The van der Waals surface area contributed by atoms with Crippen molar-refractivity contribution in [1.29, 1.82) is 0 Å². The molecule has 208 valence electrons. The third-order valence-electron chi connectivity index (χ3n) is 6.52. The standard InChI is InChI=1S/C29H34N2O8/c1-4-23-26(28(33)37-3)25(20-8-6-9-21(18-20)31(35)36)27(24(5-2)30-23)29(34)39-17-7-16-38-22-12-10-19(11-13-22)14-15-32/h6,8-13,18,25-26,32H,4-5,7,14-17H2,1-3H3. The topological polar surface area (TPSA) is 138 Å². The highest BCUT2D eigenvalue weighted by Gasteiger charge is 2.43. The number of nitro groups is 1. The van der Waals surface area contributed by atoms with Crippen LogP contribution in [0.4, 0.5) is 5.69 Å². The van der Waals surface area contributed by atoms with Crippen LogP contribution in [0.2, 0.25) is 0 Å². The van der Waals surface area contributed by atoms with Gasteiger partial charge in [-0.1, -0.05) is 38.1 Å². The number of esters is 2. The minimum absolute atomic E-state index is 0.0663. The molecule has 0 fully saturated rings. The van der Waals surface area contributed by atoms with Crippen LogP contribution in [-0.2, 0) is 25.5 Å².